The molecule has 0 saturated carbocycles. The molecule has 6 heteroatoms. The van der Waals surface area contributed by atoms with Crippen molar-refractivity contribution in [2.24, 2.45) is 5.73 Å². The first kappa shape index (κ1) is 24.1. The van der Waals surface area contributed by atoms with E-state index in [-0.39, 0.29) is 24.1 Å². The minimum atomic E-state index is -0.214. The summed E-state index contributed by atoms with van der Waals surface area (Å²) in [5.74, 6) is 0.483. The molecular weight excluding hydrogens is 434 g/mol. The lowest BCUT2D eigenvalue weighted by atomic mass is 10.00. The first-order valence-electron chi connectivity index (χ1n) is 10.8. The summed E-state index contributed by atoms with van der Waals surface area (Å²) in [6.45, 7) is 4.52. The molecule has 0 unspecified atom stereocenters. The lowest BCUT2D eigenvalue weighted by Crippen LogP contribution is -2.20. The molecule has 5 nitrogen and oxygen atoms in total. The number of carbonyl (C=O) groups is 1. The Balaban J connectivity index is 0.00000306. The van der Waals surface area contributed by atoms with Crippen molar-refractivity contribution in [3.8, 4) is 16.9 Å². The highest BCUT2D eigenvalue weighted by Gasteiger charge is 2.18. The van der Waals surface area contributed by atoms with Gasteiger partial charge in [0.15, 0.2) is 0 Å². The number of nitrogens with two attached hydrogens (primary N) is 1. The maximum Gasteiger partial charge on any atom is 0.251 e. The Bertz CT molecular complexity index is 1220. The minimum Gasteiger partial charge on any atom is -0.493 e. The standard InChI is InChI=1S/C27H27N3O2.ClH/c1-3-18-6-10-24(23(14-18)26(28)29)30-27(31)21-12-13-32-25-11-9-20(15-22(25)16-21)19-7-4-17(2)5-8-19;/h4-11,14-16H,3,12-13H2,1-2H3,(H3,28,29)(H,30,31);1H. The van der Waals surface area contributed by atoms with Gasteiger partial charge in [0.25, 0.3) is 5.91 Å². The molecule has 0 radical (unpaired) electrons. The van der Waals surface area contributed by atoms with Crippen LogP contribution in [0.4, 0.5) is 5.69 Å². The third-order valence-electron chi connectivity index (χ3n) is 5.68. The highest BCUT2D eigenvalue weighted by atomic mass is 35.5. The summed E-state index contributed by atoms with van der Waals surface area (Å²) >= 11 is 0. The zero-order chi connectivity index (χ0) is 22.7. The molecule has 1 aliphatic heterocycles. The van der Waals surface area contributed by atoms with Gasteiger partial charge in [-0.05, 0) is 60.4 Å². The second kappa shape index (κ2) is 10.4. The van der Waals surface area contributed by atoms with Crippen molar-refractivity contribution in [3.05, 3.63) is 88.5 Å². The maximum absolute atomic E-state index is 13.1. The first-order chi connectivity index (χ1) is 15.4. The topological polar surface area (TPSA) is 88.2 Å². The molecule has 3 aromatic rings. The fourth-order valence-electron chi connectivity index (χ4n) is 3.77. The number of nitrogen functional groups attached to an aromatic ring is 1. The van der Waals surface area contributed by atoms with Gasteiger partial charge >= 0.3 is 0 Å². The molecule has 1 aliphatic rings. The van der Waals surface area contributed by atoms with Crippen LogP contribution < -0.4 is 15.8 Å². The number of benzene rings is 3. The van der Waals surface area contributed by atoms with Crippen molar-refractivity contribution in [1.29, 1.82) is 5.41 Å². The number of amidine groups is 1. The third kappa shape index (κ3) is 5.44. The van der Waals surface area contributed by atoms with Gasteiger partial charge in [0.05, 0.1) is 12.3 Å². The van der Waals surface area contributed by atoms with Crippen LogP contribution >= 0.6 is 12.4 Å². The molecule has 4 rings (SSSR count). The Morgan fingerprint density at radius 2 is 1.79 bits per heavy atom. The molecule has 170 valence electrons. The first-order valence-corrected chi connectivity index (χ1v) is 10.8. The third-order valence-corrected chi connectivity index (χ3v) is 5.68. The van der Waals surface area contributed by atoms with Crippen molar-refractivity contribution in [1.82, 2.24) is 0 Å². The zero-order valence-corrected chi connectivity index (χ0v) is 19.6. The van der Waals surface area contributed by atoms with Gasteiger partial charge in [-0.2, -0.15) is 0 Å². The van der Waals surface area contributed by atoms with Crippen molar-refractivity contribution in [2.75, 3.05) is 11.9 Å². The smallest absolute Gasteiger partial charge is 0.251 e. The minimum absolute atomic E-state index is 0. The fraction of sp³-hybridized carbons (Fsp3) is 0.185. The molecule has 0 aliphatic carbocycles. The van der Waals surface area contributed by atoms with Crippen LogP contribution in [0.3, 0.4) is 0 Å². The second-order valence-electron chi connectivity index (χ2n) is 7.99. The Hall–Kier alpha value is -3.57. The summed E-state index contributed by atoms with van der Waals surface area (Å²) in [6.07, 6.45) is 3.21. The van der Waals surface area contributed by atoms with E-state index < -0.39 is 0 Å². The van der Waals surface area contributed by atoms with Gasteiger partial charge in [0.1, 0.15) is 11.6 Å². The summed E-state index contributed by atoms with van der Waals surface area (Å²) < 4.78 is 5.90. The van der Waals surface area contributed by atoms with Crippen LogP contribution in [-0.4, -0.2) is 18.3 Å². The zero-order valence-electron chi connectivity index (χ0n) is 18.8. The van der Waals surface area contributed by atoms with E-state index in [1.807, 2.05) is 43.3 Å². The van der Waals surface area contributed by atoms with Gasteiger partial charge in [-0.15, -0.1) is 12.4 Å². The molecule has 0 spiro atoms. The van der Waals surface area contributed by atoms with E-state index >= 15 is 0 Å². The predicted molar refractivity (Wildman–Crippen MR) is 137 cm³/mol. The van der Waals surface area contributed by atoms with Gasteiger partial charge < -0.3 is 15.8 Å². The normalized spacial score (nSPS) is 12.4. The number of anilines is 1. The molecule has 33 heavy (non-hydrogen) atoms. The van der Waals surface area contributed by atoms with Gasteiger partial charge in [0.2, 0.25) is 0 Å². The van der Waals surface area contributed by atoms with Crippen molar-refractivity contribution < 1.29 is 9.53 Å². The summed E-state index contributed by atoms with van der Waals surface area (Å²) in [4.78, 5) is 13.1. The number of aryl methyl sites for hydroxylation is 2. The average molecular weight is 462 g/mol. The van der Waals surface area contributed by atoms with Crippen molar-refractivity contribution in [3.63, 3.8) is 0 Å². The van der Waals surface area contributed by atoms with Crippen molar-refractivity contribution in [2.45, 2.75) is 26.7 Å². The van der Waals surface area contributed by atoms with Gasteiger partial charge in [0, 0.05) is 23.1 Å². The molecule has 0 aromatic heterocycles. The number of carbonyl (C=O) groups excluding carboxylic acids is 1. The SMILES string of the molecule is CCc1ccc(NC(=O)C2=Cc3cc(-c4ccc(C)cc4)ccc3OCC2)c(C(=N)N)c1.Cl. The maximum atomic E-state index is 13.1. The molecule has 0 saturated heterocycles. The van der Waals surface area contributed by atoms with Crippen LogP contribution in [0.2, 0.25) is 0 Å². The van der Waals surface area contributed by atoms with Crippen LogP contribution in [0, 0.1) is 12.3 Å². The Labute approximate surface area is 200 Å². The number of hydrogen-bond donors (Lipinski definition) is 3. The molecule has 0 fully saturated rings. The van der Waals surface area contributed by atoms with Crippen molar-refractivity contribution >= 4 is 35.9 Å². The monoisotopic (exact) mass is 461 g/mol. The number of nitrogens with one attached hydrogen (secondary N) is 2. The van der Waals surface area contributed by atoms with E-state index in [2.05, 4.69) is 42.6 Å². The fourth-order valence-corrected chi connectivity index (χ4v) is 3.77. The van der Waals surface area contributed by atoms with Gasteiger partial charge in [-0.1, -0.05) is 48.9 Å². The van der Waals surface area contributed by atoms with E-state index in [0.29, 0.717) is 29.9 Å². The highest BCUT2D eigenvalue weighted by Crippen LogP contribution is 2.31. The molecule has 0 atom stereocenters. The second-order valence-corrected chi connectivity index (χ2v) is 7.99. The lowest BCUT2D eigenvalue weighted by Gasteiger charge is -2.13. The summed E-state index contributed by atoms with van der Waals surface area (Å²) in [5.41, 5.74) is 12.8. The highest BCUT2D eigenvalue weighted by molar-refractivity contribution is 6.11. The van der Waals surface area contributed by atoms with Crippen LogP contribution in [-0.2, 0) is 11.2 Å². The summed E-state index contributed by atoms with van der Waals surface area (Å²) in [6, 6.07) is 20.0. The summed E-state index contributed by atoms with van der Waals surface area (Å²) in [7, 11) is 0. The molecular formula is C27H28ClN3O2. The average Bonchev–Trinajstić information content (AvgIpc) is 3.01. The van der Waals surface area contributed by atoms with Gasteiger partial charge in [-0.25, -0.2) is 0 Å². The van der Waals surface area contributed by atoms with Crippen LogP contribution in [0.1, 0.15) is 35.6 Å². The van der Waals surface area contributed by atoms with E-state index in [0.717, 1.165) is 34.4 Å². The number of fused-ring (bicyclic) bond motifs is 1. The molecule has 4 N–H and O–H groups in total. The lowest BCUT2D eigenvalue weighted by molar-refractivity contribution is -0.113. The van der Waals surface area contributed by atoms with Crippen LogP contribution in [0.5, 0.6) is 5.75 Å². The predicted octanol–water partition coefficient (Wildman–Crippen LogP) is 5.73. The van der Waals surface area contributed by atoms with Gasteiger partial charge in [-0.3, -0.25) is 10.2 Å². The number of ether oxygens (including phenoxy) is 1. The summed E-state index contributed by atoms with van der Waals surface area (Å²) in [5, 5.41) is 10.8. The quantitative estimate of drug-likeness (QED) is 0.334. The Morgan fingerprint density at radius 3 is 2.48 bits per heavy atom. The molecule has 3 aromatic carbocycles. The largest absolute Gasteiger partial charge is 0.493 e. The number of rotatable bonds is 5. The van der Waals surface area contributed by atoms with E-state index in [4.69, 9.17) is 15.9 Å². The number of amides is 1. The van der Waals surface area contributed by atoms with E-state index in [1.165, 1.54) is 5.56 Å². The van der Waals surface area contributed by atoms with Crippen LogP contribution in [0.15, 0.2) is 66.2 Å². The van der Waals surface area contributed by atoms with E-state index in [1.54, 1.807) is 0 Å². The Morgan fingerprint density at radius 1 is 1.06 bits per heavy atom. The Kier molecular flexibility index (Phi) is 7.56. The molecule has 1 amide bonds. The number of hydrogen-bond acceptors (Lipinski definition) is 3. The molecule has 0 bridgehead atoms. The molecule has 1 heterocycles. The van der Waals surface area contributed by atoms with E-state index in [9.17, 15) is 4.79 Å². The van der Waals surface area contributed by atoms with Crippen LogP contribution in [0.25, 0.3) is 17.2 Å². The number of halogens is 1.